The van der Waals surface area contributed by atoms with Crippen LogP contribution in [0.15, 0.2) is 72.8 Å². The molecule has 0 radical (unpaired) electrons. The molecule has 0 saturated carbocycles. The second kappa shape index (κ2) is 9.51. The topological polar surface area (TPSA) is 21.3 Å². The molecule has 1 N–H and O–H groups in total. The molecule has 0 aromatic heterocycles. The number of rotatable bonds is 9. The number of benzene rings is 3. The Balaban J connectivity index is 1.59. The average molecular weight is 348 g/mol. The molecule has 0 heterocycles. The van der Waals surface area contributed by atoms with Crippen molar-refractivity contribution in [3.05, 3.63) is 83.9 Å². The van der Waals surface area contributed by atoms with Crippen molar-refractivity contribution in [2.45, 2.75) is 39.5 Å². The van der Waals surface area contributed by atoms with Crippen LogP contribution in [0.3, 0.4) is 0 Å². The lowest BCUT2D eigenvalue weighted by Crippen LogP contribution is -2.33. The number of ether oxygens (including phenoxy) is 1. The van der Waals surface area contributed by atoms with Gasteiger partial charge in [-0.3, -0.25) is 5.32 Å². The minimum atomic E-state index is 0.0812. The van der Waals surface area contributed by atoms with Gasteiger partial charge in [0.1, 0.15) is 6.23 Å². The lowest BCUT2D eigenvalue weighted by molar-refractivity contribution is 0.0165. The molecule has 0 aliphatic carbocycles. The fraction of sp³-hybridized carbons (Fsp3) is 0.333. The van der Waals surface area contributed by atoms with Gasteiger partial charge in [-0.15, -0.1) is 0 Å². The van der Waals surface area contributed by atoms with Crippen LogP contribution in [0.5, 0.6) is 0 Å². The molecule has 26 heavy (non-hydrogen) atoms. The summed E-state index contributed by atoms with van der Waals surface area (Å²) < 4.78 is 6.18. The van der Waals surface area contributed by atoms with Gasteiger partial charge < -0.3 is 4.74 Å². The van der Waals surface area contributed by atoms with Gasteiger partial charge in [0.2, 0.25) is 0 Å². The lowest BCUT2D eigenvalue weighted by Gasteiger charge is -2.22. The van der Waals surface area contributed by atoms with E-state index in [1.807, 2.05) is 0 Å². The summed E-state index contributed by atoms with van der Waals surface area (Å²) in [5.74, 6) is 0.594. The smallest absolute Gasteiger partial charge is 0.108 e. The third-order valence-corrected chi connectivity index (χ3v) is 4.64. The number of hydrogen-bond acceptors (Lipinski definition) is 2. The minimum Gasteiger partial charge on any atom is -0.363 e. The molecule has 0 spiro atoms. The van der Waals surface area contributed by atoms with Gasteiger partial charge in [-0.05, 0) is 40.7 Å². The van der Waals surface area contributed by atoms with E-state index < -0.39 is 0 Å². The Labute approximate surface area is 157 Å². The Kier molecular flexibility index (Phi) is 6.82. The lowest BCUT2D eigenvalue weighted by atomic mass is 10.0. The molecule has 0 aliphatic heterocycles. The summed E-state index contributed by atoms with van der Waals surface area (Å²) in [5.41, 5.74) is 2.65. The molecule has 2 heteroatoms. The van der Waals surface area contributed by atoms with E-state index in [9.17, 15) is 0 Å². The highest BCUT2D eigenvalue weighted by molar-refractivity contribution is 5.85. The summed E-state index contributed by atoms with van der Waals surface area (Å²) >= 11 is 0. The van der Waals surface area contributed by atoms with E-state index in [4.69, 9.17) is 4.74 Å². The Hall–Kier alpha value is -2.16. The van der Waals surface area contributed by atoms with E-state index in [1.54, 1.807) is 0 Å². The molecule has 1 atom stereocenters. The first kappa shape index (κ1) is 18.6. The average Bonchev–Trinajstić information content (AvgIpc) is 2.66. The first-order valence-electron chi connectivity index (χ1n) is 9.58. The maximum atomic E-state index is 6.18. The minimum absolute atomic E-state index is 0.0812. The molecule has 3 aromatic carbocycles. The fourth-order valence-corrected chi connectivity index (χ4v) is 3.27. The molecule has 136 valence electrons. The van der Waals surface area contributed by atoms with Crippen molar-refractivity contribution >= 4 is 10.8 Å². The highest BCUT2D eigenvalue weighted by Gasteiger charge is 2.12. The van der Waals surface area contributed by atoms with Gasteiger partial charge in [-0.2, -0.15) is 0 Å². The van der Waals surface area contributed by atoms with Gasteiger partial charge in [0, 0.05) is 6.54 Å². The van der Waals surface area contributed by atoms with Crippen LogP contribution in [0.2, 0.25) is 0 Å². The van der Waals surface area contributed by atoms with Gasteiger partial charge in [0.05, 0.1) is 6.61 Å². The van der Waals surface area contributed by atoms with Crippen LogP contribution < -0.4 is 5.32 Å². The molecule has 3 rings (SSSR count). The maximum absolute atomic E-state index is 6.18. The molecule has 0 unspecified atom stereocenters. The van der Waals surface area contributed by atoms with Gasteiger partial charge in [0.15, 0.2) is 0 Å². The van der Waals surface area contributed by atoms with Crippen molar-refractivity contribution in [3.63, 3.8) is 0 Å². The maximum Gasteiger partial charge on any atom is 0.108 e. The van der Waals surface area contributed by atoms with Crippen LogP contribution >= 0.6 is 0 Å². The van der Waals surface area contributed by atoms with E-state index in [0.29, 0.717) is 5.92 Å². The normalized spacial score (nSPS) is 12.6. The predicted octanol–water partition coefficient (Wildman–Crippen LogP) is 5.56. The largest absolute Gasteiger partial charge is 0.363 e. The van der Waals surface area contributed by atoms with E-state index in [1.165, 1.54) is 21.9 Å². The zero-order valence-electron chi connectivity index (χ0n) is 15.8. The zero-order chi connectivity index (χ0) is 18.2. The highest BCUT2D eigenvalue weighted by atomic mass is 16.5. The Morgan fingerprint density at radius 2 is 1.58 bits per heavy atom. The van der Waals surface area contributed by atoms with Crippen LogP contribution in [-0.2, 0) is 17.7 Å². The summed E-state index contributed by atoms with van der Waals surface area (Å²) in [7, 11) is 0. The SMILES string of the molecule is CC(C)C[C@H](NCc1cccc2ccccc12)OCCc1ccccc1. The van der Waals surface area contributed by atoms with Gasteiger partial charge >= 0.3 is 0 Å². The van der Waals surface area contributed by atoms with Crippen molar-refractivity contribution in [3.8, 4) is 0 Å². The first-order chi connectivity index (χ1) is 12.7. The third-order valence-electron chi connectivity index (χ3n) is 4.64. The summed E-state index contributed by atoms with van der Waals surface area (Å²) in [4.78, 5) is 0. The quantitative estimate of drug-likeness (QED) is 0.512. The number of fused-ring (bicyclic) bond motifs is 1. The summed E-state index contributed by atoms with van der Waals surface area (Å²) in [6, 6.07) is 25.6. The van der Waals surface area contributed by atoms with Crippen molar-refractivity contribution in [2.75, 3.05) is 6.61 Å². The van der Waals surface area contributed by atoms with Crippen LogP contribution in [-0.4, -0.2) is 12.8 Å². The monoisotopic (exact) mass is 347 g/mol. The first-order valence-corrected chi connectivity index (χ1v) is 9.58. The molecule has 0 aliphatic rings. The van der Waals surface area contributed by atoms with Gasteiger partial charge in [-0.25, -0.2) is 0 Å². The Morgan fingerprint density at radius 3 is 2.38 bits per heavy atom. The predicted molar refractivity (Wildman–Crippen MR) is 110 cm³/mol. The second-order valence-electron chi connectivity index (χ2n) is 7.24. The Morgan fingerprint density at radius 1 is 0.846 bits per heavy atom. The van der Waals surface area contributed by atoms with Crippen LogP contribution in [0.25, 0.3) is 10.8 Å². The van der Waals surface area contributed by atoms with E-state index >= 15 is 0 Å². The van der Waals surface area contributed by atoms with Gasteiger partial charge in [0.25, 0.3) is 0 Å². The third kappa shape index (κ3) is 5.42. The van der Waals surface area contributed by atoms with Crippen molar-refractivity contribution in [1.29, 1.82) is 0 Å². The van der Waals surface area contributed by atoms with Crippen LogP contribution in [0.1, 0.15) is 31.4 Å². The zero-order valence-corrected chi connectivity index (χ0v) is 15.8. The Bertz CT molecular complexity index is 792. The molecular weight excluding hydrogens is 318 g/mol. The van der Waals surface area contributed by atoms with Crippen molar-refractivity contribution in [1.82, 2.24) is 5.32 Å². The second-order valence-corrected chi connectivity index (χ2v) is 7.24. The van der Waals surface area contributed by atoms with Crippen molar-refractivity contribution in [2.24, 2.45) is 5.92 Å². The highest BCUT2D eigenvalue weighted by Crippen LogP contribution is 2.19. The molecule has 2 nitrogen and oxygen atoms in total. The van der Waals surface area contributed by atoms with Crippen LogP contribution in [0.4, 0.5) is 0 Å². The summed E-state index contributed by atoms with van der Waals surface area (Å²) in [5, 5.41) is 6.23. The van der Waals surface area contributed by atoms with E-state index in [0.717, 1.165) is 26.0 Å². The van der Waals surface area contributed by atoms with Crippen molar-refractivity contribution < 1.29 is 4.74 Å². The molecule has 0 amide bonds. The molecule has 0 fully saturated rings. The van der Waals surface area contributed by atoms with E-state index in [2.05, 4.69) is 92.0 Å². The summed E-state index contributed by atoms with van der Waals surface area (Å²) in [6.07, 6.45) is 2.04. The van der Waals surface area contributed by atoms with Crippen LogP contribution in [0, 0.1) is 5.92 Å². The number of hydrogen-bond donors (Lipinski definition) is 1. The molecule has 3 aromatic rings. The van der Waals surface area contributed by atoms with Gasteiger partial charge in [-0.1, -0.05) is 86.6 Å². The standard InChI is InChI=1S/C24H29NO/c1-19(2)17-24(26-16-15-20-9-4-3-5-10-20)25-18-22-13-8-12-21-11-6-7-14-23(21)22/h3-14,19,24-25H,15-18H2,1-2H3/t24-/m1/s1. The molecule has 0 bridgehead atoms. The fourth-order valence-electron chi connectivity index (χ4n) is 3.27. The number of nitrogens with one attached hydrogen (secondary N) is 1. The molecular formula is C24H29NO. The molecule has 0 saturated heterocycles. The van der Waals surface area contributed by atoms with E-state index in [-0.39, 0.29) is 6.23 Å². The summed E-state index contributed by atoms with van der Waals surface area (Å²) in [6.45, 7) is 6.05.